The third-order valence-corrected chi connectivity index (χ3v) is 1.02. The second kappa shape index (κ2) is 22.5. The van der Waals surface area contributed by atoms with Gasteiger partial charge in [0.15, 0.2) is 0 Å². The smallest absolute Gasteiger partial charge is 0.219 e. The van der Waals surface area contributed by atoms with Crippen molar-refractivity contribution in [1.82, 2.24) is 10.6 Å². The molecule has 0 saturated carbocycles. The number of hydrogen-bond donors (Lipinski definition) is 2. The van der Waals surface area contributed by atoms with Crippen LogP contribution >= 0.6 is 0 Å². The largest absolute Gasteiger partial charge is 0.355 e. The molecule has 0 bridgehead atoms. The van der Waals surface area contributed by atoms with Crippen LogP contribution in [0, 0.1) is 0 Å². The zero-order valence-corrected chi connectivity index (χ0v) is 10.0. The molecule has 0 heterocycles. The zero-order chi connectivity index (χ0) is 11.1. The van der Waals surface area contributed by atoms with E-state index < -0.39 is 0 Å². The zero-order valence-electron chi connectivity index (χ0n) is 10.0. The molecular formula is C10H26N2O. The van der Waals surface area contributed by atoms with E-state index in [2.05, 4.69) is 10.6 Å². The van der Waals surface area contributed by atoms with Crippen LogP contribution in [-0.2, 0) is 4.79 Å². The molecular weight excluding hydrogens is 164 g/mol. The molecule has 0 radical (unpaired) electrons. The molecule has 1 amide bonds. The summed E-state index contributed by atoms with van der Waals surface area (Å²) in [5.74, 6) is 0.116. The van der Waals surface area contributed by atoms with Crippen molar-refractivity contribution in [2.24, 2.45) is 0 Å². The molecule has 82 valence electrons. The second-order valence-electron chi connectivity index (χ2n) is 1.81. The topological polar surface area (TPSA) is 41.1 Å². The van der Waals surface area contributed by atoms with Gasteiger partial charge in [-0.3, -0.25) is 4.79 Å². The van der Waals surface area contributed by atoms with Gasteiger partial charge in [0.2, 0.25) is 5.91 Å². The molecule has 3 heteroatoms. The number of hydrogen-bond acceptors (Lipinski definition) is 2. The van der Waals surface area contributed by atoms with E-state index in [0.717, 1.165) is 13.1 Å². The minimum Gasteiger partial charge on any atom is -0.355 e. The quantitative estimate of drug-likeness (QED) is 0.664. The van der Waals surface area contributed by atoms with Crippen molar-refractivity contribution >= 4 is 5.91 Å². The van der Waals surface area contributed by atoms with Crippen LogP contribution in [0.15, 0.2) is 0 Å². The van der Waals surface area contributed by atoms with Gasteiger partial charge in [-0.25, -0.2) is 0 Å². The maximum atomic E-state index is 10.5. The summed E-state index contributed by atoms with van der Waals surface area (Å²) in [6.45, 7) is 11.4. The van der Waals surface area contributed by atoms with Crippen LogP contribution in [0.25, 0.3) is 0 Å². The molecule has 13 heavy (non-hydrogen) atoms. The van der Waals surface area contributed by atoms with E-state index in [0.29, 0.717) is 6.42 Å². The Morgan fingerprint density at radius 1 is 1.08 bits per heavy atom. The first-order valence-corrected chi connectivity index (χ1v) is 5.22. The SMILES string of the molecule is CC.CC.CCC(=O)NCCNC. The van der Waals surface area contributed by atoms with E-state index >= 15 is 0 Å². The Morgan fingerprint density at radius 2 is 1.54 bits per heavy atom. The van der Waals surface area contributed by atoms with Crippen molar-refractivity contribution in [3.05, 3.63) is 0 Å². The summed E-state index contributed by atoms with van der Waals surface area (Å²) in [5, 5.41) is 5.66. The van der Waals surface area contributed by atoms with Crippen molar-refractivity contribution in [3.63, 3.8) is 0 Å². The molecule has 0 aliphatic heterocycles. The van der Waals surface area contributed by atoms with Crippen molar-refractivity contribution in [2.45, 2.75) is 41.0 Å². The minimum absolute atomic E-state index is 0.116. The number of amides is 1. The highest BCUT2D eigenvalue weighted by atomic mass is 16.1. The molecule has 3 nitrogen and oxygen atoms in total. The fraction of sp³-hybridized carbons (Fsp3) is 0.900. The maximum Gasteiger partial charge on any atom is 0.219 e. The summed E-state index contributed by atoms with van der Waals surface area (Å²) >= 11 is 0. The van der Waals surface area contributed by atoms with Crippen LogP contribution in [0.1, 0.15) is 41.0 Å². The molecule has 0 aliphatic rings. The molecule has 0 atom stereocenters. The predicted molar refractivity (Wildman–Crippen MR) is 59.9 cm³/mol. The van der Waals surface area contributed by atoms with Crippen LogP contribution in [0.2, 0.25) is 0 Å². The Kier molecular flexibility index (Phi) is 31.6. The molecule has 2 N–H and O–H groups in total. The van der Waals surface area contributed by atoms with Gasteiger partial charge in [-0.2, -0.15) is 0 Å². The van der Waals surface area contributed by atoms with E-state index in [4.69, 9.17) is 0 Å². The molecule has 0 fully saturated rings. The molecule has 0 saturated heterocycles. The molecule has 0 aromatic carbocycles. The summed E-state index contributed by atoms with van der Waals surface area (Å²) in [6, 6.07) is 0. The second-order valence-corrected chi connectivity index (χ2v) is 1.81. The number of rotatable bonds is 4. The standard InChI is InChI=1S/C6H14N2O.2C2H6/c1-3-6(9)8-5-4-7-2;2*1-2/h7H,3-5H2,1-2H3,(H,8,9);2*1-2H3. The van der Waals surface area contributed by atoms with Gasteiger partial charge in [0.1, 0.15) is 0 Å². The van der Waals surface area contributed by atoms with Gasteiger partial charge >= 0.3 is 0 Å². The van der Waals surface area contributed by atoms with Crippen molar-refractivity contribution in [1.29, 1.82) is 0 Å². The van der Waals surface area contributed by atoms with Gasteiger partial charge in [-0.05, 0) is 7.05 Å². The number of likely N-dealkylation sites (N-methyl/N-ethyl adjacent to an activating group) is 1. The summed E-state index contributed by atoms with van der Waals surface area (Å²) in [6.07, 6.45) is 0.573. The van der Waals surface area contributed by atoms with Crippen LogP contribution in [0.4, 0.5) is 0 Å². The highest BCUT2D eigenvalue weighted by Crippen LogP contribution is 1.71. The molecule has 0 aromatic heterocycles. The first-order valence-electron chi connectivity index (χ1n) is 5.22. The Morgan fingerprint density at radius 3 is 1.85 bits per heavy atom. The lowest BCUT2D eigenvalue weighted by Gasteiger charge is -2.00. The van der Waals surface area contributed by atoms with Crippen molar-refractivity contribution in [2.75, 3.05) is 20.1 Å². The van der Waals surface area contributed by atoms with Crippen LogP contribution in [0.3, 0.4) is 0 Å². The highest BCUT2D eigenvalue weighted by Gasteiger charge is 1.91. The van der Waals surface area contributed by atoms with Gasteiger partial charge in [-0.1, -0.05) is 34.6 Å². The van der Waals surface area contributed by atoms with Gasteiger partial charge in [-0.15, -0.1) is 0 Å². The predicted octanol–water partition coefficient (Wildman–Crippen LogP) is 1.78. The van der Waals surface area contributed by atoms with E-state index in [1.54, 1.807) is 0 Å². The monoisotopic (exact) mass is 190 g/mol. The average Bonchev–Trinajstić information content (AvgIpc) is 2.24. The number of nitrogens with one attached hydrogen (secondary N) is 2. The normalized spacial score (nSPS) is 7.23. The number of carbonyl (C=O) groups excluding carboxylic acids is 1. The summed E-state index contributed by atoms with van der Waals surface area (Å²) in [7, 11) is 1.86. The van der Waals surface area contributed by atoms with Crippen LogP contribution < -0.4 is 10.6 Å². The lowest BCUT2D eigenvalue weighted by molar-refractivity contribution is -0.120. The van der Waals surface area contributed by atoms with Gasteiger partial charge < -0.3 is 10.6 Å². The third kappa shape index (κ3) is 24.6. The third-order valence-electron chi connectivity index (χ3n) is 1.02. The fourth-order valence-electron chi connectivity index (χ4n) is 0.452. The van der Waals surface area contributed by atoms with Gasteiger partial charge in [0.05, 0.1) is 0 Å². The Labute approximate surface area is 83.3 Å². The van der Waals surface area contributed by atoms with Gasteiger partial charge in [0, 0.05) is 19.5 Å². The minimum atomic E-state index is 0.116. The Bertz CT molecular complexity index is 85.0. The van der Waals surface area contributed by atoms with Gasteiger partial charge in [0.25, 0.3) is 0 Å². The fourth-order valence-corrected chi connectivity index (χ4v) is 0.452. The lowest BCUT2D eigenvalue weighted by atomic mass is 10.4. The van der Waals surface area contributed by atoms with E-state index in [9.17, 15) is 4.79 Å². The van der Waals surface area contributed by atoms with Crippen molar-refractivity contribution < 1.29 is 4.79 Å². The van der Waals surface area contributed by atoms with E-state index in [1.165, 1.54) is 0 Å². The first-order chi connectivity index (χ1) is 6.31. The molecule has 0 aromatic rings. The van der Waals surface area contributed by atoms with E-state index in [-0.39, 0.29) is 5.91 Å². The highest BCUT2D eigenvalue weighted by molar-refractivity contribution is 5.75. The molecule has 0 rings (SSSR count). The molecule has 0 aliphatic carbocycles. The Hall–Kier alpha value is -0.570. The average molecular weight is 190 g/mol. The van der Waals surface area contributed by atoms with Crippen molar-refractivity contribution in [3.8, 4) is 0 Å². The summed E-state index contributed by atoms with van der Waals surface area (Å²) in [4.78, 5) is 10.5. The molecule has 0 unspecified atom stereocenters. The first kappa shape index (κ1) is 18.3. The maximum absolute atomic E-state index is 10.5. The van der Waals surface area contributed by atoms with Crippen LogP contribution in [-0.4, -0.2) is 26.0 Å². The van der Waals surface area contributed by atoms with Crippen LogP contribution in [0.5, 0.6) is 0 Å². The Balaban J connectivity index is -0.000000218. The molecule has 0 spiro atoms. The number of carbonyl (C=O) groups is 1. The van der Waals surface area contributed by atoms with E-state index in [1.807, 2.05) is 41.7 Å². The summed E-state index contributed by atoms with van der Waals surface area (Å²) in [5.41, 5.74) is 0. The summed E-state index contributed by atoms with van der Waals surface area (Å²) < 4.78 is 0. The lowest BCUT2D eigenvalue weighted by Crippen LogP contribution is -2.29.